The molecule has 0 bridgehead atoms. The van der Waals surface area contributed by atoms with Gasteiger partial charge in [0.05, 0.1) is 22.2 Å². The van der Waals surface area contributed by atoms with Crippen LogP contribution in [0.25, 0.3) is 0 Å². The Hall–Kier alpha value is -2.41. The third-order valence-corrected chi connectivity index (χ3v) is 5.91. The van der Waals surface area contributed by atoms with Gasteiger partial charge in [-0.25, -0.2) is 0 Å². The highest BCUT2D eigenvalue weighted by atomic mass is 32.2. The molecule has 0 amide bonds. The number of fused-ring (bicyclic) bond motifs is 1. The third-order valence-electron chi connectivity index (χ3n) is 4.78. The molecule has 0 aliphatic carbocycles. The zero-order valence-corrected chi connectivity index (χ0v) is 14.6. The van der Waals surface area contributed by atoms with Gasteiger partial charge in [-0.15, -0.1) is 0 Å². The van der Waals surface area contributed by atoms with Gasteiger partial charge in [0, 0.05) is 24.1 Å². The minimum atomic E-state index is -0.299. The van der Waals surface area contributed by atoms with Crippen LogP contribution in [-0.4, -0.2) is 31.8 Å². The summed E-state index contributed by atoms with van der Waals surface area (Å²) in [7, 11) is 0. The second-order valence-corrected chi connectivity index (χ2v) is 7.14. The largest absolute Gasteiger partial charge is 0.338 e. The van der Waals surface area contributed by atoms with Gasteiger partial charge in [0.25, 0.3) is 5.69 Å². The molecule has 0 N–H and O–H groups in total. The molecule has 1 saturated heterocycles. The predicted molar refractivity (Wildman–Crippen MR) is 98.6 cm³/mol. The average molecular weight is 354 g/mol. The Morgan fingerprint density at radius 1 is 1.28 bits per heavy atom. The fourth-order valence-electron chi connectivity index (χ4n) is 3.59. The Labute approximate surface area is 150 Å². The van der Waals surface area contributed by atoms with Crippen LogP contribution in [0.1, 0.15) is 36.7 Å². The highest BCUT2D eigenvalue weighted by Gasteiger charge is 2.47. The van der Waals surface area contributed by atoms with Crippen LogP contribution in [0.4, 0.5) is 5.69 Å². The molecule has 2 aromatic rings. The maximum atomic E-state index is 11.6. The molecule has 0 saturated carbocycles. The topological polar surface area (TPSA) is 71.6 Å². The summed E-state index contributed by atoms with van der Waals surface area (Å²) < 4.78 is 0. The summed E-state index contributed by atoms with van der Waals surface area (Å²) in [5, 5.41) is 12.6. The predicted octanol–water partition coefficient (Wildman–Crippen LogP) is 3.97. The molecule has 25 heavy (non-hydrogen) atoms. The van der Waals surface area contributed by atoms with E-state index in [0.717, 1.165) is 23.0 Å². The second-order valence-electron chi connectivity index (χ2n) is 6.15. The number of hydrogen-bond acceptors (Lipinski definition) is 6. The fraction of sp³-hybridized carbons (Fsp3) is 0.333. The van der Waals surface area contributed by atoms with Crippen molar-refractivity contribution < 1.29 is 4.92 Å². The van der Waals surface area contributed by atoms with Crippen molar-refractivity contribution in [2.75, 3.05) is 5.75 Å². The lowest BCUT2D eigenvalue weighted by Crippen LogP contribution is -2.35. The molecular weight excluding hydrogens is 336 g/mol. The van der Waals surface area contributed by atoms with Crippen molar-refractivity contribution in [3.8, 4) is 0 Å². The number of aliphatic imine (C=N–C) groups is 1. The molecular formula is C18H18N4O2S. The van der Waals surface area contributed by atoms with E-state index in [2.05, 4.69) is 16.8 Å². The van der Waals surface area contributed by atoms with Crippen molar-refractivity contribution >= 4 is 22.6 Å². The van der Waals surface area contributed by atoms with Crippen molar-refractivity contribution in [2.45, 2.75) is 31.5 Å². The molecule has 3 heterocycles. The van der Waals surface area contributed by atoms with Gasteiger partial charge in [-0.1, -0.05) is 36.9 Å². The van der Waals surface area contributed by atoms with Gasteiger partial charge >= 0.3 is 0 Å². The van der Waals surface area contributed by atoms with E-state index in [1.54, 1.807) is 30.1 Å². The molecule has 0 unspecified atom stereocenters. The highest BCUT2D eigenvalue weighted by Crippen LogP contribution is 2.50. The van der Waals surface area contributed by atoms with Crippen molar-refractivity contribution in [2.24, 2.45) is 4.99 Å². The number of pyridine rings is 1. The Morgan fingerprint density at radius 2 is 2.08 bits per heavy atom. The Bertz CT molecular complexity index is 827. The molecule has 1 aromatic heterocycles. The van der Waals surface area contributed by atoms with E-state index in [1.165, 1.54) is 0 Å². The van der Waals surface area contributed by atoms with Crippen molar-refractivity contribution in [3.05, 3.63) is 70.0 Å². The summed E-state index contributed by atoms with van der Waals surface area (Å²) in [6.07, 6.45) is 2.73. The summed E-state index contributed by atoms with van der Waals surface area (Å²) in [6.45, 7) is 2.15. The molecule has 1 fully saturated rings. The number of benzene rings is 1. The van der Waals surface area contributed by atoms with Gasteiger partial charge < -0.3 is 4.90 Å². The van der Waals surface area contributed by atoms with E-state index < -0.39 is 0 Å². The number of hydrogen-bond donors (Lipinski definition) is 0. The van der Waals surface area contributed by atoms with Gasteiger partial charge in [-0.3, -0.25) is 20.1 Å². The number of thioether (sulfide) groups is 1. The quantitative estimate of drug-likeness (QED) is 0.614. The Kier molecular flexibility index (Phi) is 4.17. The average Bonchev–Trinajstić information content (AvgIpc) is 3.21. The zero-order valence-electron chi connectivity index (χ0n) is 13.8. The molecule has 2 aliphatic heterocycles. The number of nitro groups is 1. The van der Waals surface area contributed by atoms with E-state index in [9.17, 15) is 10.1 Å². The first-order valence-corrected chi connectivity index (χ1v) is 9.32. The van der Waals surface area contributed by atoms with Gasteiger partial charge in [0.1, 0.15) is 6.04 Å². The molecule has 6 nitrogen and oxygen atoms in total. The third kappa shape index (κ3) is 2.68. The second kappa shape index (κ2) is 6.48. The Morgan fingerprint density at radius 3 is 2.80 bits per heavy atom. The van der Waals surface area contributed by atoms with Crippen LogP contribution in [0.15, 0.2) is 53.7 Å². The van der Waals surface area contributed by atoms with E-state index >= 15 is 0 Å². The van der Waals surface area contributed by atoms with E-state index in [0.29, 0.717) is 11.6 Å². The monoisotopic (exact) mass is 354 g/mol. The molecule has 3 atom stereocenters. The lowest BCUT2D eigenvalue weighted by molar-refractivity contribution is -0.386. The summed E-state index contributed by atoms with van der Waals surface area (Å²) in [6, 6.07) is 12.7. The minimum Gasteiger partial charge on any atom is -0.338 e. The summed E-state index contributed by atoms with van der Waals surface area (Å²) in [4.78, 5) is 22.9. The number of aromatic nitrogens is 1. The van der Waals surface area contributed by atoms with Gasteiger partial charge in [-0.2, -0.15) is 0 Å². The van der Waals surface area contributed by atoms with Crippen molar-refractivity contribution in [3.63, 3.8) is 0 Å². The smallest absolute Gasteiger partial charge is 0.274 e. The molecule has 0 spiro atoms. The molecule has 0 radical (unpaired) electrons. The van der Waals surface area contributed by atoms with Crippen LogP contribution < -0.4 is 0 Å². The molecule has 4 rings (SSSR count). The molecule has 1 aromatic carbocycles. The molecule has 2 aliphatic rings. The summed E-state index contributed by atoms with van der Waals surface area (Å²) in [5.74, 6) is 0.974. The van der Waals surface area contributed by atoms with Crippen LogP contribution in [-0.2, 0) is 0 Å². The van der Waals surface area contributed by atoms with Crippen molar-refractivity contribution in [1.29, 1.82) is 0 Å². The number of amidine groups is 1. The standard InChI is InChI=1S/C18H18N4O2S/c1-2-12-11-25-18-20-16(14-8-5-6-10-19-14)17(21(12)18)13-7-3-4-9-15(13)22(23)24/h3-10,12,16-17H,2,11H2,1H3/t12-,16-,17-/m1/s1. The first-order valence-electron chi connectivity index (χ1n) is 8.34. The van der Waals surface area contributed by atoms with Crippen LogP contribution >= 0.6 is 11.8 Å². The lowest BCUT2D eigenvalue weighted by Gasteiger charge is -2.31. The first kappa shape index (κ1) is 16.1. The summed E-state index contributed by atoms with van der Waals surface area (Å²) >= 11 is 1.74. The maximum absolute atomic E-state index is 11.6. The van der Waals surface area contributed by atoms with Crippen molar-refractivity contribution in [1.82, 2.24) is 9.88 Å². The van der Waals surface area contributed by atoms with Crippen LogP contribution in [0.3, 0.4) is 0 Å². The number of nitrogens with zero attached hydrogens (tertiary/aromatic N) is 4. The Balaban J connectivity index is 1.85. The van der Waals surface area contributed by atoms with Crippen LogP contribution in [0.2, 0.25) is 0 Å². The number of rotatable bonds is 4. The van der Waals surface area contributed by atoms with E-state index in [-0.39, 0.29) is 22.7 Å². The van der Waals surface area contributed by atoms with Gasteiger partial charge in [0.15, 0.2) is 5.17 Å². The first-order chi connectivity index (χ1) is 12.2. The SMILES string of the molecule is CC[C@@H]1CSC2=N[C@H](c3ccccn3)[C@@H](c3ccccc3[N+](=O)[O-])N21. The highest BCUT2D eigenvalue weighted by molar-refractivity contribution is 8.14. The van der Waals surface area contributed by atoms with E-state index in [1.807, 2.05) is 30.3 Å². The van der Waals surface area contributed by atoms with Crippen LogP contribution in [0, 0.1) is 10.1 Å². The zero-order chi connectivity index (χ0) is 17.4. The number of para-hydroxylation sites is 1. The molecule has 128 valence electrons. The number of nitro benzene ring substituents is 1. The fourth-order valence-corrected chi connectivity index (χ4v) is 4.93. The van der Waals surface area contributed by atoms with Crippen LogP contribution in [0.5, 0.6) is 0 Å². The van der Waals surface area contributed by atoms with Gasteiger partial charge in [-0.05, 0) is 24.6 Å². The van der Waals surface area contributed by atoms with Gasteiger partial charge in [0.2, 0.25) is 0 Å². The lowest BCUT2D eigenvalue weighted by atomic mass is 9.94. The summed E-state index contributed by atoms with van der Waals surface area (Å²) in [5.41, 5.74) is 1.71. The normalized spacial score (nSPS) is 24.9. The maximum Gasteiger partial charge on any atom is 0.274 e. The molecule has 7 heteroatoms. The van der Waals surface area contributed by atoms with E-state index in [4.69, 9.17) is 4.99 Å². The minimum absolute atomic E-state index is 0.150.